The van der Waals surface area contributed by atoms with Crippen molar-refractivity contribution < 1.29 is 28.8 Å². The zero-order valence-corrected chi connectivity index (χ0v) is 28.4. The Morgan fingerprint density at radius 1 is 1.02 bits per heavy atom. The molecule has 4 N–H and O–H groups in total. The number of hydrazine groups is 1. The van der Waals surface area contributed by atoms with Crippen LogP contribution in [0.4, 0.5) is 0 Å². The van der Waals surface area contributed by atoms with E-state index in [0.717, 1.165) is 24.0 Å². The molecule has 49 heavy (non-hydrogen) atoms. The predicted octanol–water partition coefficient (Wildman–Crippen LogP) is 5.76. The molecule has 4 amide bonds. The van der Waals surface area contributed by atoms with Gasteiger partial charge in [-0.2, -0.15) is 0 Å². The van der Waals surface area contributed by atoms with Gasteiger partial charge in [-0.15, -0.1) is 0 Å². The highest BCUT2D eigenvalue weighted by Crippen LogP contribution is 2.46. The summed E-state index contributed by atoms with van der Waals surface area (Å²) in [4.78, 5) is 64.4. The van der Waals surface area contributed by atoms with Gasteiger partial charge in [0.1, 0.15) is 0 Å². The second-order valence-corrected chi connectivity index (χ2v) is 13.2. The van der Waals surface area contributed by atoms with Gasteiger partial charge < -0.3 is 4.74 Å². The number of allylic oxidation sites excluding steroid dienone is 1. The molecule has 0 aliphatic carbocycles. The van der Waals surface area contributed by atoms with E-state index in [4.69, 9.17) is 15.4 Å². The number of hydroxylamine groups is 1. The largest absolute Gasteiger partial charge is 0.350 e. The summed E-state index contributed by atoms with van der Waals surface area (Å²) in [5.74, 6) is 2.72. The van der Waals surface area contributed by atoms with Crippen LogP contribution in [0.15, 0.2) is 84.9 Å². The van der Waals surface area contributed by atoms with Crippen molar-refractivity contribution in [1.29, 1.82) is 0 Å². The number of hydrogen-bond donors (Lipinski definition) is 3. The molecule has 2 unspecified atom stereocenters. The molecule has 1 saturated heterocycles. The van der Waals surface area contributed by atoms with Gasteiger partial charge in [-0.3, -0.25) is 29.5 Å². The summed E-state index contributed by atoms with van der Waals surface area (Å²) in [6, 6.07) is 23.9. The topological polar surface area (TPSA) is 140 Å². The number of fused-ring (bicyclic) bond motifs is 1. The number of rotatable bonds is 14. The van der Waals surface area contributed by atoms with Gasteiger partial charge in [-0.25, -0.2) is 16.2 Å². The molecule has 1 fully saturated rings. The Labute approximate surface area is 288 Å². The third-order valence-electron chi connectivity index (χ3n) is 9.76. The van der Waals surface area contributed by atoms with Crippen molar-refractivity contribution in [3.63, 3.8) is 0 Å². The number of nitrogens with zero attached hydrogens (tertiary/aromatic N) is 1. The normalized spacial score (nSPS) is 19.2. The average molecular weight is 667 g/mol. The van der Waals surface area contributed by atoms with E-state index in [-0.39, 0.29) is 24.0 Å². The number of benzene rings is 3. The smallest absolute Gasteiger partial charge is 0.262 e. The number of ether oxygens (including phenoxy) is 1. The van der Waals surface area contributed by atoms with Crippen molar-refractivity contribution in [1.82, 2.24) is 15.8 Å². The molecule has 3 aromatic carbocycles. The minimum atomic E-state index is -1.57. The monoisotopic (exact) mass is 666 g/mol. The second kappa shape index (κ2) is 15.7. The van der Waals surface area contributed by atoms with E-state index >= 15 is 0 Å². The molecule has 10 nitrogen and oxygen atoms in total. The lowest BCUT2D eigenvalue weighted by atomic mass is 9.64. The van der Waals surface area contributed by atoms with Crippen molar-refractivity contribution in [2.45, 2.75) is 83.0 Å². The molecule has 0 radical (unpaired) electrons. The number of carbonyl (C=O) groups is 4. The van der Waals surface area contributed by atoms with E-state index in [2.05, 4.69) is 10.9 Å². The molecule has 2 aliphatic heterocycles. The third-order valence-corrected chi connectivity index (χ3v) is 9.76. The Hall–Kier alpha value is -4.64. The van der Waals surface area contributed by atoms with Crippen LogP contribution in [0.3, 0.4) is 0 Å². The summed E-state index contributed by atoms with van der Waals surface area (Å²) in [7, 11) is 0. The highest BCUT2D eigenvalue weighted by Gasteiger charge is 2.57. The highest BCUT2D eigenvalue weighted by atomic mass is 16.8. The van der Waals surface area contributed by atoms with Crippen LogP contribution >= 0.6 is 0 Å². The Balaban J connectivity index is 1.67. The molecular weight excluding hydrogens is 620 g/mol. The first-order chi connectivity index (χ1) is 23.6. The highest BCUT2D eigenvalue weighted by molar-refractivity contribution is 6.22. The van der Waals surface area contributed by atoms with Crippen LogP contribution in [0.25, 0.3) is 6.08 Å². The molecule has 10 heteroatoms. The maximum absolute atomic E-state index is 14.5. The minimum Gasteiger partial charge on any atom is -0.350 e. The van der Waals surface area contributed by atoms with Crippen molar-refractivity contribution in [3.8, 4) is 0 Å². The molecule has 4 atom stereocenters. The van der Waals surface area contributed by atoms with Gasteiger partial charge in [-0.05, 0) is 69.2 Å². The number of aryl methyl sites for hydroxylation is 1. The lowest BCUT2D eigenvalue weighted by Gasteiger charge is -2.48. The van der Waals surface area contributed by atoms with E-state index in [0.29, 0.717) is 31.4 Å². The minimum absolute atomic E-state index is 0.0947. The van der Waals surface area contributed by atoms with E-state index in [1.165, 1.54) is 4.90 Å². The van der Waals surface area contributed by atoms with Crippen molar-refractivity contribution in [2.24, 2.45) is 11.8 Å². The predicted molar refractivity (Wildman–Crippen MR) is 186 cm³/mol. The fourth-order valence-corrected chi connectivity index (χ4v) is 7.32. The summed E-state index contributed by atoms with van der Waals surface area (Å²) in [6.45, 7) is 6.04. The van der Waals surface area contributed by atoms with Crippen LogP contribution in [-0.2, 0) is 24.6 Å². The molecule has 0 spiro atoms. The number of imide groups is 1. The van der Waals surface area contributed by atoms with Gasteiger partial charge in [0, 0.05) is 13.0 Å². The summed E-state index contributed by atoms with van der Waals surface area (Å²) >= 11 is 0. The van der Waals surface area contributed by atoms with Crippen LogP contribution in [0, 0.1) is 12.8 Å². The summed E-state index contributed by atoms with van der Waals surface area (Å²) in [6.07, 6.45) is 6.44. The van der Waals surface area contributed by atoms with Crippen molar-refractivity contribution in [3.05, 3.63) is 113 Å². The zero-order valence-electron chi connectivity index (χ0n) is 28.4. The number of carbonyl (C=O) groups excluding carboxylic acids is 4. The molecule has 3 aromatic rings. The maximum Gasteiger partial charge on any atom is 0.262 e. The average Bonchev–Trinajstić information content (AvgIpc) is 3.38. The van der Waals surface area contributed by atoms with Gasteiger partial charge in [-0.1, -0.05) is 97.8 Å². The van der Waals surface area contributed by atoms with Gasteiger partial charge in [0.25, 0.3) is 11.8 Å². The first-order valence-electron chi connectivity index (χ1n) is 17.0. The van der Waals surface area contributed by atoms with Gasteiger partial charge >= 0.3 is 0 Å². The van der Waals surface area contributed by atoms with Crippen molar-refractivity contribution >= 4 is 29.7 Å². The fraction of sp³-hybridized carbons (Fsp3) is 0.385. The van der Waals surface area contributed by atoms with E-state index < -0.39 is 46.8 Å². The van der Waals surface area contributed by atoms with Crippen molar-refractivity contribution in [2.75, 3.05) is 6.61 Å². The van der Waals surface area contributed by atoms with Crippen LogP contribution in [0.1, 0.15) is 96.2 Å². The van der Waals surface area contributed by atoms with Gasteiger partial charge in [0.15, 0.2) is 6.29 Å². The van der Waals surface area contributed by atoms with Gasteiger partial charge in [0.05, 0.1) is 28.0 Å². The van der Waals surface area contributed by atoms with Gasteiger partial charge in [0.2, 0.25) is 11.8 Å². The molecule has 0 saturated carbocycles. The summed E-state index contributed by atoms with van der Waals surface area (Å²) < 4.78 is 5.70. The first-order valence-corrected chi connectivity index (χ1v) is 17.0. The second-order valence-electron chi connectivity index (χ2n) is 13.2. The third kappa shape index (κ3) is 7.51. The zero-order chi connectivity index (χ0) is 35.0. The SMILES string of the molecule is CCCC(C[C@](C)([C@H](C/C=C/c1ccccc1)C(=O)NOC1CCCCO1)N1C(=O)c2ccc(C)cc2C1=O)(C(=O)NN)c1ccccc1. The molecule has 2 heterocycles. The fourth-order valence-electron chi connectivity index (χ4n) is 7.32. The summed E-state index contributed by atoms with van der Waals surface area (Å²) in [5, 5.41) is 0. The number of nitrogens with one attached hydrogen (secondary N) is 2. The Bertz CT molecular complexity index is 1670. The molecular formula is C39H46N4O6. The summed E-state index contributed by atoms with van der Waals surface area (Å²) in [5.41, 5.74) is 4.99. The lowest BCUT2D eigenvalue weighted by Crippen LogP contribution is -2.63. The molecule has 5 rings (SSSR count). The van der Waals surface area contributed by atoms with E-state index in [9.17, 15) is 19.2 Å². The molecule has 0 aromatic heterocycles. The van der Waals surface area contributed by atoms with Crippen LogP contribution in [0.5, 0.6) is 0 Å². The molecule has 258 valence electrons. The van der Waals surface area contributed by atoms with E-state index in [1.54, 1.807) is 25.1 Å². The van der Waals surface area contributed by atoms with Crippen LogP contribution < -0.4 is 16.7 Å². The molecule has 0 bridgehead atoms. The lowest BCUT2D eigenvalue weighted by molar-refractivity contribution is -0.203. The molecule has 2 aliphatic rings. The Morgan fingerprint density at radius 3 is 2.37 bits per heavy atom. The Morgan fingerprint density at radius 2 is 1.71 bits per heavy atom. The standard InChI is InChI=1S/C39H46N4O6/c1-4-23-39(37(47)41-40,29-17-9-6-10-18-29)26-38(3,43-35(45)30-22-21-27(2)25-31(30)36(43)46)32(19-13-16-28-14-7-5-8-15-28)34(44)42-49-33-20-11-12-24-48-33/h5-10,13-18,21-22,25,32-33H,4,11-12,19-20,23-24,26,40H2,1-3H3,(H,41,47)(H,42,44)/b16-13+/t32-,33?,38-,39?/m1/s1. The number of amides is 4. The quantitative estimate of drug-likeness (QED) is 0.0860. The van der Waals surface area contributed by atoms with E-state index in [1.807, 2.05) is 86.7 Å². The van der Waals surface area contributed by atoms with Crippen LogP contribution in [0.2, 0.25) is 0 Å². The number of hydrogen-bond acceptors (Lipinski definition) is 7. The Kier molecular flexibility index (Phi) is 11.4. The van der Waals surface area contributed by atoms with Crippen LogP contribution in [-0.4, -0.2) is 47.0 Å². The number of nitrogens with two attached hydrogens (primary N) is 1. The first kappa shape index (κ1) is 35.7. The maximum atomic E-state index is 14.5.